The molecule has 0 radical (unpaired) electrons. The van der Waals surface area contributed by atoms with Crippen LogP contribution in [-0.2, 0) is 0 Å². The van der Waals surface area contributed by atoms with E-state index in [1.807, 2.05) is 0 Å². The lowest BCUT2D eigenvalue weighted by Crippen LogP contribution is -2.01. The van der Waals surface area contributed by atoms with Crippen LogP contribution in [0.25, 0.3) is 0 Å². The molecule has 1 rings (SSSR count). The van der Waals surface area contributed by atoms with E-state index in [1.165, 1.54) is 12.1 Å². The maximum atomic E-state index is 13.1. The number of ether oxygens (including phenoxy) is 1. The van der Waals surface area contributed by atoms with Crippen LogP contribution in [-0.4, -0.2) is 17.7 Å². The highest BCUT2D eigenvalue weighted by molar-refractivity contribution is 5.88. The summed E-state index contributed by atoms with van der Waals surface area (Å²) in [5.74, 6) is -1.47. The van der Waals surface area contributed by atoms with Crippen molar-refractivity contribution in [1.82, 2.24) is 0 Å². The normalized spacial score (nSPS) is 10.2. The Morgan fingerprint density at radius 3 is 2.71 bits per heavy atom. The Labute approximate surface area is 100 Å². The van der Waals surface area contributed by atoms with E-state index in [2.05, 4.69) is 6.92 Å². The molecule has 0 unspecified atom stereocenters. The lowest BCUT2D eigenvalue weighted by Gasteiger charge is -2.07. The summed E-state index contributed by atoms with van der Waals surface area (Å²) in [6.07, 6.45) is 4.25. The van der Waals surface area contributed by atoms with Gasteiger partial charge < -0.3 is 9.84 Å². The Balaban J connectivity index is 2.50. The molecular weight excluding hydrogens is 223 g/mol. The molecule has 0 aliphatic rings. The van der Waals surface area contributed by atoms with Gasteiger partial charge in [-0.1, -0.05) is 26.2 Å². The molecule has 0 aliphatic carbocycles. The van der Waals surface area contributed by atoms with Crippen molar-refractivity contribution in [3.63, 3.8) is 0 Å². The number of halogens is 1. The van der Waals surface area contributed by atoms with Gasteiger partial charge in [0.05, 0.1) is 12.2 Å². The van der Waals surface area contributed by atoms with Gasteiger partial charge in [-0.25, -0.2) is 9.18 Å². The van der Waals surface area contributed by atoms with Crippen molar-refractivity contribution >= 4 is 5.97 Å². The van der Waals surface area contributed by atoms with E-state index in [0.29, 0.717) is 6.61 Å². The maximum absolute atomic E-state index is 13.1. The van der Waals surface area contributed by atoms with Crippen LogP contribution in [0.4, 0.5) is 4.39 Å². The predicted molar refractivity (Wildman–Crippen MR) is 63.0 cm³/mol. The van der Waals surface area contributed by atoms with Gasteiger partial charge in [0.1, 0.15) is 11.6 Å². The molecule has 0 aliphatic heterocycles. The van der Waals surface area contributed by atoms with Crippen LogP contribution < -0.4 is 4.74 Å². The average Bonchev–Trinajstić information content (AvgIpc) is 2.28. The standard InChI is InChI=1S/C13H17FO3/c1-2-3-4-5-6-17-12-8-10(13(15)16)7-11(14)9-12/h7-9H,2-6H2,1H3,(H,15,16). The third-order valence-electron chi connectivity index (χ3n) is 2.38. The van der Waals surface area contributed by atoms with Crippen LogP contribution in [0.5, 0.6) is 5.75 Å². The molecular formula is C13H17FO3. The van der Waals surface area contributed by atoms with Gasteiger partial charge in [0, 0.05) is 6.07 Å². The number of aromatic carboxylic acids is 1. The zero-order valence-electron chi connectivity index (χ0n) is 9.91. The van der Waals surface area contributed by atoms with Gasteiger partial charge in [0.25, 0.3) is 0 Å². The molecule has 0 spiro atoms. The molecule has 0 heterocycles. The van der Waals surface area contributed by atoms with Gasteiger partial charge in [0.2, 0.25) is 0 Å². The Hall–Kier alpha value is -1.58. The van der Waals surface area contributed by atoms with Crippen molar-refractivity contribution in [2.24, 2.45) is 0 Å². The molecule has 1 aromatic rings. The van der Waals surface area contributed by atoms with Gasteiger partial charge in [-0.3, -0.25) is 0 Å². The minimum atomic E-state index is -1.15. The zero-order chi connectivity index (χ0) is 12.7. The largest absolute Gasteiger partial charge is 0.493 e. The summed E-state index contributed by atoms with van der Waals surface area (Å²) < 4.78 is 18.4. The van der Waals surface area contributed by atoms with Crippen molar-refractivity contribution in [1.29, 1.82) is 0 Å². The van der Waals surface area contributed by atoms with Gasteiger partial charge >= 0.3 is 5.97 Å². The van der Waals surface area contributed by atoms with Crippen molar-refractivity contribution in [2.45, 2.75) is 32.6 Å². The number of hydrogen-bond acceptors (Lipinski definition) is 2. The first-order chi connectivity index (χ1) is 8.13. The summed E-state index contributed by atoms with van der Waals surface area (Å²) in [6.45, 7) is 2.61. The molecule has 0 bridgehead atoms. The Morgan fingerprint density at radius 1 is 1.29 bits per heavy atom. The highest BCUT2D eigenvalue weighted by atomic mass is 19.1. The summed E-state index contributed by atoms with van der Waals surface area (Å²) >= 11 is 0. The lowest BCUT2D eigenvalue weighted by molar-refractivity contribution is 0.0695. The third-order valence-corrected chi connectivity index (χ3v) is 2.38. The molecule has 3 nitrogen and oxygen atoms in total. The molecule has 17 heavy (non-hydrogen) atoms. The van der Waals surface area contributed by atoms with Crippen molar-refractivity contribution < 1.29 is 19.0 Å². The van der Waals surface area contributed by atoms with E-state index in [4.69, 9.17) is 9.84 Å². The van der Waals surface area contributed by atoms with Crippen molar-refractivity contribution in [3.8, 4) is 5.75 Å². The molecule has 0 fully saturated rings. The van der Waals surface area contributed by atoms with Crippen LogP contribution >= 0.6 is 0 Å². The Bertz CT molecular complexity index is 377. The minimum absolute atomic E-state index is 0.0893. The second-order valence-corrected chi connectivity index (χ2v) is 3.89. The Kier molecular flexibility index (Phi) is 5.46. The van der Waals surface area contributed by atoms with E-state index < -0.39 is 11.8 Å². The van der Waals surface area contributed by atoms with Crippen molar-refractivity contribution in [3.05, 3.63) is 29.6 Å². The number of benzene rings is 1. The summed E-state index contributed by atoms with van der Waals surface area (Å²) in [5.41, 5.74) is -0.0893. The first kappa shape index (κ1) is 13.5. The topological polar surface area (TPSA) is 46.5 Å². The highest BCUT2D eigenvalue weighted by Gasteiger charge is 2.07. The number of rotatable bonds is 7. The van der Waals surface area contributed by atoms with Crippen molar-refractivity contribution in [2.75, 3.05) is 6.61 Å². The summed E-state index contributed by atoms with van der Waals surface area (Å²) in [6, 6.07) is 3.52. The zero-order valence-corrected chi connectivity index (χ0v) is 9.91. The van der Waals surface area contributed by atoms with Crippen LogP contribution in [0.15, 0.2) is 18.2 Å². The maximum Gasteiger partial charge on any atom is 0.335 e. The minimum Gasteiger partial charge on any atom is -0.493 e. The van der Waals surface area contributed by atoms with Crippen LogP contribution in [0.1, 0.15) is 43.0 Å². The fourth-order valence-electron chi connectivity index (χ4n) is 1.49. The molecule has 4 heteroatoms. The summed E-state index contributed by atoms with van der Waals surface area (Å²) in [5, 5.41) is 8.75. The predicted octanol–water partition coefficient (Wildman–Crippen LogP) is 3.48. The van der Waals surface area contributed by atoms with Gasteiger partial charge in [0.15, 0.2) is 0 Å². The first-order valence-corrected chi connectivity index (χ1v) is 5.80. The summed E-state index contributed by atoms with van der Waals surface area (Å²) in [7, 11) is 0. The fraction of sp³-hybridized carbons (Fsp3) is 0.462. The second kappa shape index (κ2) is 6.89. The van der Waals surface area contributed by atoms with E-state index >= 15 is 0 Å². The molecule has 1 N–H and O–H groups in total. The number of hydrogen-bond donors (Lipinski definition) is 1. The smallest absolute Gasteiger partial charge is 0.335 e. The molecule has 0 amide bonds. The quantitative estimate of drug-likeness (QED) is 0.742. The lowest BCUT2D eigenvalue weighted by atomic mass is 10.2. The van der Waals surface area contributed by atoms with E-state index in [-0.39, 0.29) is 11.3 Å². The SMILES string of the molecule is CCCCCCOc1cc(F)cc(C(=O)O)c1. The fourth-order valence-corrected chi connectivity index (χ4v) is 1.49. The van der Waals surface area contributed by atoms with E-state index in [0.717, 1.165) is 31.7 Å². The molecule has 94 valence electrons. The number of unbranched alkanes of at least 4 members (excludes halogenated alkanes) is 3. The first-order valence-electron chi connectivity index (χ1n) is 5.80. The van der Waals surface area contributed by atoms with Gasteiger partial charge in [-0.2, -0.15) is 0 Å². The monoisotopic (exact) mass is 240 g/mol. The van der Waals surface area contributed by atoms with Crippen LogP contribution in [0.3, 0.4) is 0 Å². The average molecular weight is 240 g/mol. The second-order valence-electron chi connectivity index (χ2n) is 3.89. The summed E-state index contributed by atoms with van der Waals surface area (Å²) in [4.78, 5) is 10.7. The van der Waals surface area contributed by atoms with E-state index in [9.17, 15) is 9.18 Å². The highest BCUT2D eigenvalue weighted by Crippen LogP contribution is 2.17. The van der Waals surface area contributed by atoms with Gasteiger partial charge in [-0.05, 0) is 18.6 Å². The molecule has 0 atom stereocenters. The molecule has 0 aromatic heterocycles. The van der Waals surface area contributed by atoms with Gasteiger partial charge in [-0.15, -0.1) is 0 Å². The third kappa shape index (κ3) is 4.85. The number of carboxylic acid groups (broad SMARTS) is 1. The number of carboxylic acids is 1. The van der Waals surface area contributed by atoms with Crippen LogP contribution in [0.2, 0.25) is 0 Å². The molecule has 0 saturated carbocycles. The van der Waals surface area contributed by atoms with E-state index in [1.54, 1.807) is 0 Å². The molecule has 0 saturated heterocycles. The Morgan fingerprint density at radius 2 is 2.06 bits per heavy atom. The van der Waals surface area contributed by atoms with Crippen LogP contribution in [0, 0.1) is 5.82 Å². The number of carbonyl (C=O) groups is 1. The molecule has 1 aromatic carbocycles.